The SMILES string of the molecule is CCOC(=O)CN1CCCC(Oc2cc(OCC)cc(C(Nc3ccc(C#N)cc3)C(=O)O)c2F)C1. The molecule has 2 atom stereocenters. The summed E-state index contributed by atoms with van der Waals surface area (Å²) in [7, 11) is 0. The molecule has 0 saturated carbocycles. The lowest BCUT2D eigenvalue weighted by atomic mass is 10.0. The largest absolute Gasteiger partial charge is 0.494 e. The minimum Gasteiger partial charge on any atom is -0.494 e. The molecule has 2 N–H and O–H groups in total. The average Bonchev–Trinajstić information content (AvgIpc) is 2.85. The van der Waals surface area contributed by atoms with E-state index in [1.807, 2.05) is 11.0 Å². The maximum absolute atomic E-state index is 15.7. The summed E-state index contributed by atoms with van der Waals surface area (Å²) in [6.45, 7) is 5.32. The molecule has 0 radical (unpaired) electrons. The van der Waals surface area contributed by atoms with Crippen LogP contribution in [0.25, 0.3) is 0 Å². The molecule has 2 aromatic carbocycles. The first-order chi connectivity index (χ1) is 17.3. The number of esters is 1. The highest BCUT2D eigenvalue weighted by Crippen LogP contribution is 2.34. The lowest BCUT2D eigenvalue weighted by Crippen LogP contribution is -2.43. The number of halogens is 1. The zero-order chi connectivity index (χ0) is 26.1. The van der Waals surface area contributed by atoms with E-state index in [1.54, 1.807) is 26.0 Å². The summed E-state index contributed by atoms with van der Waals surface area (Å²) in [5, 5.41) is 21.7. The van der Waals surface area contributed by atoms with Crippen molar-refractivity contribution in [3.05, 3.63) is 53.3 Å². The molecule has 0 bridgehead atoms. The number of carbonyl (C=O) groups excluding carboxylic acids is 1. The van der Waals surface area contributed by atoms with Crippen LogP contribution < -0.4 is 14.8 Å². The fourth-order valence-electron chi connectivity index (χ4n) is 4.04. The van der Waals surface area contributed by atoms with E-state index in [9.17, 15) is 14.7 Å². The van der Waals surface area contributed by atoms with Crippen LogP contribution in [0.2, 0.25) is 0 Å². The molecule has 0 amide bonds. The third kappa shape index (κ3) is 7.09. The molecular weight excluding hydrogens is 469 g/mol. The summed E-state index contributed by atoms with van der Waals surface area (Å²) < 4.78 is 32.2. The number of anilines is 1. The molecule has 2 aromatic rings. The number of piperidine rings is 1. The molecular formula is C26H30FN3O6. The summed E-state index contributed by atoms with van der Waals surface area (Å²) in [6.07, 6.45) is 1.00. The zero-order valence-corrected chi connectivity index (χ0v) is 20.3. The van der Waals surface area contributed by atoms with Crippen molar-refractivity contribution in [2.75, 3.05) is 38.2 Å². The van der Waals surface area contributed by atoms with Crippen molar-refractivity contribution in [1.29, 1.82) is 5.26 Å². The van der Waals surface area contributed by atoms with E-state index in [1.165, 1.54) is 24.3 Å². The Hall–Kier alpha value is -3.84. The zero-order valence-electron chi connectivity index (χ0n) is 20.3. The van der Waals surface area contributed by atoms with E-state index in [-0.39, 0.29) is 29.6 Å². The standard InChI is InChI=1S/C26H30FN3O6/c1-3-34-20-12-21(25(26(32)33)29-18-9-7-17(14-28)8-10-18)24(27)22(13-20)36-19-6-5-11-30(15-19)16-23(31)35-4-2/h7-10,12-13,19,25,29H,3-6,11,15-16H2,1-2H3,(H,32,33). The van der Waals surface area contributed by atoms with E-state index >= 15 is 4.39 Å². The van der Waals surface area contributed by atoms with Gasteiger partial charge in [-0.15, -0.1) is 0 Å². The Balaban J connectivity index is 1.85. The second kappa shape index (κ2) is 12.7. The minimum absolute atomic E-state index is 0.119. The first-order valence-electron chi connectivity index (χ1n) is 11.8. The van der Waals surface area contributed by atoms with Crippen molar-refractivity contribution in [2.24, 2.45) is 0 Å². The molecule has 1 aliphatic rings. The van der Waals surface area contributed by atoms with E-state index in [0.717, 1.165) is 6.42 Å². The van der Waals surface area contributed by atoms with Gasteiger partial charge < -0.3 is 24.6 Å². The molecule has 1 aliphatic heterocycles. The highest BCUT2D eigenvalue weighted by Gasteiger charge is 2.29. The van der Waals surface area contributed by atoms with E-state index < -0.39 is 23.9 Å². The molecule has 0 aromatic heterocycles. The van der Waals surface area contributed by atoms with Crippen LogP contribution in [0.4, 0.5) is 10.1 Å². The summed E-state index contributed by atoms with van der Waals surface area (Å²) in [5.41, 5.74) is 0.677. The predicted molar refractivity (Wildman–Crippen MR) is 129 cm³/mol. The summed E-state index contributed by atoms with van der Waals surface area (Å²) in [4.78, 5) is 25.9. The van der Waals surface area contributed by atoms with Crippen molar-refractivity contribution in [3.63, 3.8) is 0 Å². The number of hydrogen-bond donors (Lipinski definition) is 2. The highest BCUT2D eigenvalue weighted by molar-refractivity contribution is 5.80. The van der Waals surface area contributed by atoms with Gasteiger partial charge in [0.1, 0.15) is 11.9 Å². The molecule has 0 spiro atoms. The van der Waals surface area contributed by atoms with Gasteiger partial charge in [0, 0.05) is 23.9 Å². The molecule has 3 rings (SSSR count). The van der Waals surface area contributed by atoms with Crippen LogP contribution in [-0.4, -0.2) is 60.9 Å². The van der Waals surface area contributed by atoms with Crippen LogP contribution in [0.5, 0.6) is 11.5 Å². The number of carboxylic acid groups (broad SMARTS) is 1. The van der Waals surface area contributed by atoms with Gasteiger partial charge in [0.25, 0.3) is 0 Å². The number of nitrogens with one attached hydrogen (secondary N) is 1. The van der Waals surface area contributed by atoms with Gasteiger partial charge in [-0.3, -0.25) is 9.69 Å². The molecule has 1 saturated heterocycles. The van der Waals surface area contributed by atoms with Gasteiger partial charge in [0.2, 0.25) is 0 Å². The second-order valence-electron chi connectivity index (χ2n) is 8.28. The smallest absolute Gasteiger partial charge is 0.330 e. The average molecular weight is 500 g/mol. The molecule has 2 unspecified atom stereocenters. The van der Waals surface area contributed by atoms with E-state index in [2.05, 4.69) is 5.32 Å². The van der Waals surface area contributed by atoms with E-state index in [0.29, 0.717) is 44.0 Å². The van der Waals surface area contributed by atoms with Crippen molar-refractivity contribution >= 4 is 17.6 Å². The molecule has 0 aliphatic carbocycles. The summed E-state index contributed by atoms with van der Waals surface area (Å²) >= 11 is 0. The van der Waals surface area contributed by atoms with Crippen molar-refractivity contribution in [2.45, 2.75) is 38.8 Å². The molecule has 36 heavy (non-hydrogen) atoms. The number of benzene rings is 2. The van der Waals surface area contributed by atoms with Gasteiger partial charge in [0.05, 0.1) is 31.4 Å². The first kappa shape index (κ1) is 26.8. The van der Waals surface area contributed by atoms with Gasteiger partial charge in [-0.1, -0.05) is 0 Å². The third-order valence-corrected chi connectivity index (χ3v) is 5.65. The summed E-state index contributed by atoms with van der Waals surface area (Å²) in [6, 6.07) is 9.48. The second-order valence-corrected chi connectivity index (χ2v) is 8.28. The van der Waals surface area contributed by atoms with Crippen LogP contribution in [-0.2, 0) is 14.3 Å². The number of nitrogens with zero attached hydrogens (tertiary/aromatic N) is 2. The number of aliphatic carboxylic acids is 1. The lowest BCUT2D eigenvalue weighted by Gasteiger charge is -2.32. The third-order valence-electron chi connectivity index (χ3n) is 5.65. The maximum atomic E-state index is 15.7. The van der Waals surface area contributed by atoms with Gasteiger partial charge in [-0.05, 0) is 63.6 Å². The molecule has 9 nitrogen and oxygen atoms in total. The number of hydrogen-bond acceptors (Lipinski definition) is 8. The fourth-order valence-corrected chi connectivity index (χ4v) is 4.04. The Kier molecular flexibility index (Phi) is 9.47. The van der Waals surface area contributed by atoms with Gasteiger partial charge in [-0.25, -0.2) is 9.18 Å². The van der Waals surface area contributed by atoms with Crippen LogP contribution in [0.3, 0.4) is 0 Å². The van der Waals surface area contributed by atoms with Crippen molar-refractivity contribution < 1.29 is 33.3 Å². The number of rotatable bonds is 11. The molecule has 192 valence electrons. The molecule has 10 heteroatoms. The van der Waals surface area contributed by atoms with Crippen LogP contribution in [0.1, 0.15) is 43.9 Å². The Bertz CT molecular complexity index is 1100. The molecule has 1 heterocycles. The summed E-state index contributed by atoms with van der Waals surface area (Å²) in [5.74, 6) is -2.28. The minimum atomic E-state index is -1.44. The molecule has 1 fully saturated rings. The van der Waals surface area contributed by atoms with Gasteiger partial charge in [-0.2, -0.15) is 5.26 Å². The first-order valence-corrected chi connectivity index (χ1v) is 11.8. The highest BCUT2D eigenvalue weighted by atomic mass is 19.1. The topological polar surface area (TPSA) is 121 Å². The number of carboxylic acids is 1. The number of likely N-dealkylation sites (tertiary alicyclic amines) is 1. The van der Waals surface area contributed by atoms with Crippen molar-refractivity contribution in [1.82, 2.24) is 4.90 Å². The predicted octanol–water partition coefficient (Wildman–Crippen LogP) is 3.74. The number of carbonyl (C=O) groups is 2. The monoisotopic (exact) mass is 499 g/mol. The van der Waals surface area contributed by atoms with E-state index in [4.69, 9.17) is 19.5 Å². The number of nitriles is 1. The number of ether oxygens (including phenoxy) is 3. The Morgan fingerprint density at radius 3 is 2.64 bits per heavy atom. The maximum Gasteiger partial charge on any atom is 0.330 e. The quantitative estimate of drug-likeness (QED) is 0.445. The Morgan fingerprint density at radius 1 is 1.25 bits per heavy atom. The van der Waals surface area contributed by atoms with Gasteiger partial charge in [0.15, 0.2) is 17.6 Å². The van der Waals surface area contributed by atoms with Crippen LogP contribution >= 0.6 is 0 Å². The Morgan fingerprint density at radius 2 is 2.00 bits per heavy atom. The van der Waals surface area contributed by atoms with Gasteiger partial charge >= 0.3 is 11.9 Å². The van der Waals surface area contributed by atoms with Crippen LogP contribution in [0, 0.1) is 17.1 Å². The fraction of sp³-hybridized carbons (Fsp3) is 0.423. The lowest BCUT2D eigenvalue weighted by molar-refractivity contribution is -0.145. The van der Waals surface area contributed by atoms with Crippen molar-refractivity contribution in [3.8, 4) is 17.6 Å². The Labute approximate surface area is 209 Å². The van der Waals surface area contributed by atoms with Crippen LogP contribution in [0.15, 0.2) is 36.4 Å². The normalized spacial score (nSPS) is 16.4.